The summed E-state index contributed by atoms with van der Waals surface area (Å²) in [4.78, 5) is 11.8. The van der Waals surface area contributed by atoms with Crippen molar-refractivity contribution in [3.63, 3.8) is 0 Å². The van der Waals surface area contributed by atoms with Crippen LogP contribution in [0, 0.1) is 12.7 Å². The van der Waals surface area contributed by atoms with Gasteiger partial charge in [-0.1, -0.05) is 29.8 Å². The van der Waals surface area contributed by atoms with E-state index in [0.717, 1.165) is 5.56 Å². The zero-order valence-electron chi connectivity index (χ0n) is 10.9. The number of hydrogen-bond acceptors (Lipinski definition) is 1. The highest BCUT2D eigenvalue weighted by Gasteiger charge is 2.03. The van der Waals surface area contributed by atoms with E-state index in [9.17, 15) is 9.18 Å². The van der Waals surface area contributed by atoms with Crippen molar-refractivity contribution in [2.45, 2.75) is 6.92 Å². The molecule has 0 spiro atoms. The lowest BCUT2D eigenvalue weighted by Gasteiger charge is -2.04. The molecule has 2 nitrogen and oxygen atoms in total. The van der Waals surface area contributed by atoms with Crippen LogP contribution in [0.4, 0.5) is 10.1 Å². The van der Waals surface area contributed by atoms with Crippen LogP contribution in [-0.4, -0.2) is 5.91 Å². The van der Waals surface area contributed by atoms with Gasteiger partial charge in [-0.15, -0.1) is 0 Å². The zero-order chi connectivity index (χ0) is 14.5. The van der Waals surface area contributed by atoms with E-state index in [0.29, 0.717) is 10.2 Å². The Kier molecular flexibility index (Phi) is 4.69. The minimum Gasteiger partial charge on any atom is -0.321 e. The average Bonchev–Trinajstić information content (AvgIpc) is 2.41. The quantitative estimate of drug-likeness (QED) is 0.820. The van der Waals surface area contributed by atoms with Crippen LogP contribution in [0.1, 0.15) is 11.1 Å². The Morgan fingerprint density at radius 2 is 1.90 bits per heavy atom. The number of rotatable bonds is 3. The van der Waals surface area contributed by atoms with Crippen LogP contribution in [0.2, 0.25) is 0 Å². The van der Waals surface area contributed by atoms with Crippen LogP contribution >= 0.6 is 15.9 Å². The molecule has 0 radical (unpaired) electrons. The molecule has 2 aromatic rings. The molecule has 0 aliphatic heterocycles. The molecule has 4 heteroatoms. The number of carbonyl (C=O) groups excluding carboxylic acids is 1. The van der Waals surface area contributed by atoms with E-state index in [1.165, 1.54) is 29.8 Å². The molecule has 2 aromatic carbocycles. The van der Waals surface area contributed by atoms with Crippen molar-refractivity contribution in [3.05, 3.63) is 70.0 Å². The Morgan fingerprint density at radius 3 is 2.55 bits per heavy atom. The fourth-order valence-electron chi connectivity index (χ4n) is 1.61. The smallest absolute Gasteiger partial charge is 0.248 e. The molecule has 0 unspecified atom stereocenters. The van der Waals surface area contributed by atoms with E-state index in [4.69, 9.17) is 0 Å². The summed E-state index contributed by atoms with van der Waals surface area (Å²) in [6.45, 7) is 2.01. The van der Waals surface area contributed by atoms with Crippen LogP contribution in [0.5, 0.6) is 0 Å². The molecule has 20 heavy (non-hydrogen) atoms. The molecule has 0 fully saturated rings. The van der Waals surface area contributed by atoms with Crippen LogP contribution in [-0.2, 0) is 4.79 Å². The van der Waals surface area contributed by atoms with Gasteiger partial charge in [0.25, 0.3) is 0 Å². The molecule has 0 heterocycles. The maximum atomic E-state index is 12.9. The van der Waals surface area contributed by atoms with Gasteiger partial charge in [0.2, 0.25) is 5.91 Å². The predicted molar refractivity (Wildman–Crippen MR) is 82.9 cm³/mol. The summed E-state index contributed by atoms with van der Waals surface area (Å²) in [5.41, 5.74) is 2.65. The van der Waals surface area contributed by atoms with Gasteiger partial charge in [-0.05, 0) is 52.7 Å². The number of amides is 1. The molecule has 0 saturated carbocycles. The Balaban J connectivity index is 2.03. The van der Waals surface area contributed by atoms with Crippen LogP contribution in [0.3, 0.4) is 0 Å². The highest BCUT2D eigenvalue weighted by atomic mass is 79.9. The van der Waals surface area contributed by atoms with E-state index >= 15 is 0 Å². The first-order valence-corrected chi connectivity index (χ1v) is 6.85. The Bertz CT molecular complexity index is 650. The van der Waals surface area contributed by atoms with Gasteiger partial charge < -0.3 is 5.32 Å². The van der Waals surface area contributed by atoms with Crippen molar-refractivity contribution in [2.75, 3.05) is 5.32 Å². The first kappa shape index (κ1) is 14.5. The molecular formula is C16H13BrFNO. The van der Waals surface area contributed by atoms with Gasteiger partial charge in [0.15, 0.2) is 0 Å². The van der Waals surface area contributed by atoms with Gasteiger partial charge in [0.1, 0.15) is 5.82 Å². The molecule has 1 N–H and O–H groups in total. The first-order chi connectivity index (χ1) is 9.54. The maximum Gasteiger partial charge on any atom is 0.248 e. The Hall–Kier alpha value is -1.94. The monoisotopic (exact) mass is 333 g/mol. The van der Waals surface area contributed by atoms with Gasteiger partial charge in [-0.25, -0.2) is 4.39 Å². The van der Waals surface area contributed by atoms with Crippen LogP contribution in [0.25, 0.3) is 6.08 Å². The van der Waals surface area contributed by atoms with Gasteiger partial charge in [-0.2, -0.15) is 0 Å². The minimum absolute atomic E-state index is 0.266. The second-order valence-corrected chi connectivity index (χ2v) is 5.21. The standard InChI is InChI=1S/C16H13BrFNO/c1-11-2-4-12(5-3-11)6-9-16(20)19-15-8-7-13(18)10-14(15)17/h2-10H,1H3,(H,19,20)/b9-6+. The molecule has 0 atom stereocenters. The van der Waals surface area contributed by atoms with Crippen molar-refractivity contribution >= 4 is 33.6 Å². The molecule has 102 valence electrons. The molecule has 0 bridgehead atoms. The molecule has 0 saturated heterocycles. The van der Waals surface area contributed by atoms with Gasteiger partial charge in [0.05, 0.1) is 5.69 Å². The third kappa shape index (κ3) is 4.03. The van der Waals surface area contributed by atoms with E-state index in [1.807, 2.05) is 31.2 Å². The molecule has 2 rings (SSSR count). The van der Waals surface area contributed by atoms with Crippen molar-refractivity contribution in [1.29, 1.82) is 0 Å². The second-order valence-electron chi connectivity index (χ2n) is 4.36. The molecular weight excluding hydrogens is 321 g/mol. The van der Waals surface area contributed by atoms with Crippen molar-refractivity contribution in [3.8, 4) is 0 Å². The Morgan fingerprint density at radius 1 is 1.20 bits per heavy atom. The number of nitrogens with one attached hydrogen (secondary N) is 1. The highest BCUT2D eigenvalue weighted by Crippen LogP contribution is 2.23. The normalized spacial score (nSPS) is 10.8. The largest absolute Gasteiger partial charge is 0.321 e. The topological polar surface area (TPSA) is 29.1 Å². The summed E-state index contributed by atoms with van der Waals surface area (Å²) in [5, 5.41) is 2.68. The second kappa shape index (κ2) is 6.48. The van der Waals surface area contributed by atoms with Crippen molar-refractivity contribution in [1.82, 2.24) is 0 Å². The Labute approximate surface area is 125 Å². The summed E-state index contributed by atoms with van der Waals surface area (Å²) < 4.78 is 13.4. The summed E-state index contributed by atoms with van der Waals surface area (Å²) in [6, 6.07) is 11.9. The fraction of sp³-hybridized carbons (Fsp3) is 0.0625. The molecule has 0 aromatic heterocycles. The lowest BCUT2D eigenvalue weighted by atomic mass is 10.1. The van der Waals surface area contributed by atoms with Gasteiger partial charge in [0, 0.05) is 10.5 Å². The van der Waals surface area contributed by atoms with Crippen molar-refractivity contribution < 1.29 is 9.18 Å². The fourth-order valence-corrected chi connectivity index (χ4v) is 2.06. The van der Waals surface area contributed by atoms with Gasteiger partial charge >= 0.3 is 0 Å². The van der Waals surface area contributed by atoms with E-state index in [2.05, 4.69) is 21.2 Å². The number of hydrogen-bond donors (Lipinski definition) is 1. The number of halogens is 2. The van der Waals surface area contributed by atoms with Gasteiger partial charge in [-0.3, -0.25) is 4.79 Å². The number of anilines is 1. The highest BCUT2D eigenvalue weighted by molar-refractivity contribution is 9.10. The van der Waals surface area contributed by atoms with E-state index < -0.39 is 0 Å². The average molecular weight is 334 g/mol. The summed E-state index contributed by atoms with van der Waals surface area (Å²) in [6.07, 6.45) is 3.17. The maximum absolute atomic E-state index is 12.9. The summed E-state index contributed by atoms with van der Waals surface area (Å²) >= 11 is 3.20. The van der Waals surface area contributed by atoms with E-state index in [-0.39, 0.29) is 11.7 Å². The SMILES string of the molecule is Cc1ccc(/C=C/C(=O)Nc2ccc(F)cc2Br)cc1. The molecule has 0 aliphatic rings. The molecule has 0 aliphatic carbocycles. The third-order valence-corrected chi connectivity index (χ3v) is 3.35. The third-order valence-electron chi connectivity index (χ3n) is 2.69. The number of aryl methyl sites for hydroxylation is 1. The zero-order valence-corrected chi connectivity index (χ0v) is 12.4. The summed E-state index contributed by atoms with van der Waals surface area (Å²) in [5.74, 6) is -0.622. The lowest BCUT2D eigenvalue weighted by Crippen LogP contribution is -2.08. The van der Waals surface area contributed by atoms with Crippen LogP contribution < -0.4 is 5.32 Å². The molecule has 1 amide bonds. The van der Waals surface area contributed by atoms with E-state index in [1.54, 1.807) is 6.08 Å². The number of benzene rings is 2. The van der Waals surface area contributed by atoms with Crippen molar-refractivity contribution in [2.24, 2.45) is 0 Å². The lowest BCUT2D eigenvalue weighted by molar-refractivity contribution is -0.111. The van der Waals surface area contributed by atoms with Crippen LogP contribution in [0.15, 0.2) is 53.0 Å². The minimum atomic E-state index is -0.356. The summed E-state index contributed by atoms with van der Waals surface area (Å²) in [7, 11) is 0. The predicted octanol–water partition coefficient (Wildman–Crippen LogP) is 4.55. The first-order valence-electron chi connectivity index (χ1n) is 6.05. The number of carbonyl (C=O) groups is 1.